The number of hydrogen-bond donors (Lipinski definition) is 2. The smallest absolute Gasteiger partial charge is 0.213 e. The van der Waals surface area contributed by atoms with Gasteiger partial charge in [-0.05, 0) is 50.3 Å². The number of nitrogens with two attached hydrogens (primary N) is 1. The average Bonchev–Trinajstić information content (AvgIpc) is 2.88. The van der Waals surface area contributed by atoms with Gasteiger partial charge in [0.25, 0.3) is 0 Å². The van der Waals surface area contributed by atoms with Gasteiger partial charge < -0.3 is 15.2 Å². The Morgan fingerprint density at radius 3 is 2.50 bits per heavy atom. The highest BCUT2D eigenvalue weighted by atomic mass is 16.5. The van der Waals surface area contributed by atoms with Crippen LogP contribution in [0.25, 0.3) is 22.2 Å². The average molecular weight is 491 g/mol. The maximum Gasteiger partial charge on any atom is 0.213 e. The molecule has 0 aliphatic heterocycles. The number of aryl methyl sites for hydroxylation is 1. The molecular weight excluding hydrogens is 452 g/mol. The van der Waals surface area contributed by atoms with E-state index in [9.17, 15) is 4.79 Å². The monoisotopic (exact) mass is 490 g/mol. The fourth-order valence-corrected chi connectivity index (χ4v) is 4.03. The molecule has 0 saturated heterocycles. The number of amides is 1. The van der Waals surface area contributed by atoms with Gasteiger partial charge in [0.1, 0.15) is 11.3 Å². The van der Waals surface area contributed by atoms with Gasteiger partial charge >= 0.3 is 0 Å². The fraction of sp³-hybridized carbons (Fsp3) is 0.414. The normalized spacial score (nSPS) is 11.6. The zero-order chi connectivity index (χ0) is 25.6. The molecule has 0 aliphatic carbocycles. The summed E-state index contributed by atoms with van der Waals surface area (Å²) in [6.45, 7) is 6.53. The predicted molar refractivity (Wildman–Crippen MR) is 147 cm³/mol. The molecule has 3 rings (SSSR count). The van der Waals surface area contributed by atoms with Gasteiger partial charge in [0.2, 0.25) is 6.41 Å². The first kappa shape index (κ1) is 27.1. The highest BCUT2D eigenvalue weighted by Crippen LogP contribution is 2.35. The number of guanidine groups is 1. The number of carbonyl (C=O) groups excluding carboxylic acids is 1. The van der Waals surface area contributed by atoms with Crippen molar-refractivity contribution < 1.29 is 14.3 Å². The first-order valence-corrected chi connectivity index (χ1v) is 12.9. The third kappa shape index (κ3) is 8.05. The highest BCUT2D eigenvalue weighted by Gasteiger charge is 2.13. The van der Waals surface area contributed by atoms with Crippen molar-refractivity contribution in [2.45, 2.75) is 58.8 Å². The second kappa shape index (κ2) is 14.8. The first-order valence-electron chi connectivity index (χ1n) is 12.9. The quantitative estimate of drug-likeness (QED) is 0.117. The van der Waals surface area contributed by atoms with Crippen LogP contribution in [0.15, 0.2) is 53.5 Å². The summed E-state index contributed by atoms with van der Waals surface area (Å²) >= 11 is 0. The zero-order valence-corrected chi connectivity index (χ0v) is 21.5. The number of fused-ring (bicyclic) bond motifs is 1. The van der Waals surface area contributed by atoms with Gasteiger partial charge in [-0.2, -0.15) is 0 Å². The van der Waals surface area contributed by atoms with Crippen LogP contribution in [-0.4, -0.2) is 37.2 Å². The predicted octanol–water partition coefficient (Wildman–Crippen LogP) is 6.05. The van der Waals surface area contributed by atoms with E-state index in [2.05, 4.69) is 17.2 Å². The Morgan fingerprint density at radius 2 is 1.75 bits per heavy atom. The number of pyridine rings is 1. The summed E-state index contributed by atoms with van der Waals surface area (Å²) in [4.78, 5) is 20.2. The van der Waals surface area contributed by atoms with E-state index in [1.807, 2.05) is 55.5 Å². The number of carbonyl (C=O) groups is 1. The number of benzene rings is 2. The molecule has 0 atom stereocenters. The molecule has 0 aliphatic rings. The van der Waals surface area contributed by atoms with Gasteiger partial charge in [-0.1, -0.05) is 62.6 Å². The first-order chi connectivity index (χ1) is 17.6. The molecule has 36 heavy (non-hydrogen) atoms. The molecule has 0 saturated carbocycles. The Labute approximate surface area is 214 Å². The number of hydrogen-bond acceptors (Lipinski definition) is 5. The van der Waals surface area contributed by atoms with Gasteiger partial charge in [0.15, 0.2) is 5.96 Å². The van der Waals surface area contributed by atoms with E-state index in [0.717, 1.165) is 61.1 Å². The Bertz CT molecular complexity index is 1150. The van der Waals surface area contributed by atoms with E-state index in [4.69, 9.17) is 20.2 Å². The van der Waals surface area contributed by atoms with Crippen LogP contribution in [0, 0.1) is 6.92 Å². The second-order valence-electron chi connectivity index (χ2n) is 8.84. The maximum absolute atomic E-state index is 10.8. The minimum absolute atomic E-state index is 0.0205. The summed E-state index contributed by atoms with van der Waals surface area (Å²) in [6, 6.07) is 15.7. The van der Waals surface area contributed by atoms with E-state index in [0.29, 0.717) is 30.0 Å². The lowest BCUT2D eigenvalue weighted by molar-refractivity contribution is -0.108. The summed E-state index contributed by atoms with van der Waals surface area (Å²) in [5.41, 5.74) is 10.1. The van der Waals surface area contributed by atoms with Crippen molar-refractivity contribution in [3.05, 3.63) is 54.1 Å². The SMILES string of the molecule is CCCCCCOCCCCCOc1cccc2c(N=C(N)NC=O)cc(-c3ccccc3C)nc12. The zero-order valence-electron chi connectivity index (χ0n) is 21.5. The molecule has 1 aromatic heterocycles. The van der Waals surface area contributed by atoms with Gasteiger partial charge in [-0.25, -0.2) is 9.98 Å². The van der Waals surface area contributed by atoms with Gasteiger partial charge in [-0.15, -0.1) is 0 Å². The van der Waals surface area contributed by atoms with Crippen molar-refractivity contribution in [2.75, 3.05) is 19.8 Å². The molecule has 0 bridgehead atoms. The van der Waals surface area contributed by atoms with Crippen LogP contribution in [0.3, 0.4) is 0 Å². The number of ether oxygens (including phenoxy) is 2. The second-order valence-corrected chi connectivity index (χ2v) is 8.84. The molecule has 7 nitrogen and oxygen atoms in total. The molecular formula is C29H38N4O3. The van der Waals surface area contributed by atoms with Crippen LogP contribution in [0.5, 0.6) is 5.75 Å². The van der Waals surface area contributed by atoms with Crippen molar-refractivity contribution >= 4 is 29.0 Å². The van der Waals surface area contributed by atoms with Crippen molar-refractivity contribution in [3.8, 4) is 17.0 Å². The maximum atomic E-state index is 10.8. The molecule has 3 N–H and O–H groups in total. The lowest BCUT2D eigenvalue weighted by Gasteiger charge is -2.13. The lowest BCUT2D eigenvalue weighted by atomic mass is 10.0. The fourth-order valence-electron chi connectivity index (χ4n) is 4.03. The van der Waals surface area contributed by atoms with E-state index in [1.54, 1.807) is 0 Å². The van der Waals surface area contributed by atoms with Gasteiger partial charge in [0.05, 0.1) is 18.0 Å². The van der Waals surface area contributed by atoms with E-state index in [1.165, 1.54) is 19.3 Å². The Kier molecular flexibility index (Phi) is 11.2. The summed E-state index contributed by atoms with van der Waals surface area (Å²) in [6.07, 6.45) is 8.47. The van der Waals surface area contributed by atoms with Crippen LogP contribution in [0.1, 0.15) is 57.4 Å². The third-order valence-electron chi connectivity index (χ3n) is 5.98. The standard InChI is InChI=1S/C29H38N4O3/c1-3-4-5-9-17-35-18-10-6-11-19-36-27-16-12-15-24-26(33-29(30)31-21-34)20-25(32-28(24)27)23-14-8-7-13-22(23)2/h7-8,12-16,20-21H,3-6,9-11,17-19H2,1-2H3,(H3,30,31,32,33,34). The molecule has 2 aromatic carbocycles. The van der Waals surface area contributed by atoms with Gasteiger partial charge in [-0.3, -0.25) is 10.1 Å². The van der Waals surface area contributed by atoms with Crippen LogP contribution in [0.4, 0.5) is 5.69 Å². The molecule has 0 unspecified atom stereocenters. The largest absolute Gasteiger partial charge is 0.491 e. The van der Waals surface area contributed by atoms with Gasteiger partial charge in [0, 0.05) is 24.2 Å². The van der Waals surface area contributed by atoms with E-state index in [-0.39, 0.29) is 5.96 Å². The Balaban J connectivity index is 1.71. The molecule has 1 heterocycles. The summed E-state index contributed by atoms with van der Waals surface area (Å²) in [7, 11) is 0. The van der Waals surface area contributed by atoms with Crippen molar-refractivity contribution in [3.63, 3.8) is 0 Å². The number of rotatable bonds is 15. The number of aliphatic imine (C=N–C) groups is 1. The molecule has 3 aromatic rings. The molecule has 7 heteroatoms. The molecule has 0 fully saturated rings. The molecule has 192 valence electrons. The topological polar surface area (TPSA) is 98.8 Å². The number of unbranched alkanes of at least 4 members (excludes halogenated alkanes) is 5. The molecule has 0 spiro atoms. The number of para-hydroxylation sites is 1. The number of aromatic nitrogens is 1. The number of nitrogens with one attached hydrogen (secondary N) is 1. The number of nitrogens with zero attached hydrogens (tertiary/aromatic N) is 2. The van der Waals surface area contributed by atoms with E-state index >= 15 is 0 Å². The summed E-state index contributed by atoms with van der Waals surface area (Å²) < 4.78 is 11.9. The van der Waals surface area contributed by atoms with E-state index < -0.39 is 0 Å². The third-order valence-corrected chi connectivity index (χ3v) is 5.98. The summed E-state index contributed by atoms with van der Waals surface area (Å²) in [5, 5.41) is 3.21. The van der Waals surface area contributed by atoms with Crippen LogP contribution in [0.2, 0.25) is 0 Å². The lowest BCUT2D eigenvalue weighted by Crippen LogP contribution is -2.29. The summed E-state index contributed by atoms with van der Waals surface area (Å²) in [5.74, 6) is 0.723. The van der Waals surface area contributed by atoms with Crippen LogP contribution < -0.4 is 15.8 Å². The van der Waals surface area contributed by atoms with Crippen molar-refractivity contribution in [1.82, 2.24) is 10.3 Å². The van der Waals surface area contributed by atoms with Crippen LogP contribution >= 0.6 is 0 Å². The van der Waals surface area contributed by atoms with Crippen molar-refractivity contribution in [1.29, 1.82) is 0 Å². The van der Waals surface area contributed by atoms with Crippen LogP contribution in [-0.2, 0) is 9.53 Å². The molecule has 1 amide bonds. The Morgan fingerprint density at radius 1 is 1.00 bits per heavy atom. The minimum atomic E-state index is 0.0205. The Hall–Kier alpha value is -3.45. The van der Waals surface area contributed by atoms with Crippen molar-refractivity contribution in [2.24, 2.45) is 10.7 Å². The highest BCUT2D eigenvalue weighted by molar-refractivity contribution is 5.99. The molecule has 0 radical (unpaired) electrons. The minimum Gasteiger partial charge on any atom is -0.491 e.